The highest BCUT2D eigenvalue weighted by Crippen LogP contribution is 2.23. The average molecular weight is 304 g/mol. The highest BCUT2D eigenvalue weighted by Gasteiger charge is 2.19. The fourth-order valence-electron chi connectivity index (χ4n) is 2.22. The molecule has 0 aliphatic heterocycles. The molecule has 2 aromatic rings. The van der Waals surface area contributed by atoms with Gasteiger partial charge in [0, 0.05) is 7.11 Å². The van der Waals surface area contributed by atoms with Gasteiger partial charge in [-0.25, -0.2) is 14.2 Å². The Hall–Kier alpha value is -2.47. The molecular formula is C16H17FN2O3. The number of nitrogens with one attached hydrogen (secondary N) is 1. The van der Waals surface area contributed by atoms with E-state index in [2.05, 4.69) is 10.3 Å². The Kier molecular flexibility index (Phi) is 5.06. The number of pyridine rings is 1. The standard InChI is InChI=1S/C16H17FN2O3/c1-10(15(22-2)11-6-8-12(17)9-7-11)18-14-5-3-4-13(19-14)16(20)21/h3-10,15H,1-2H3,(H,18,19)(H,20,21). The minimum atomic E-state index is -1.09. The number of carboxylic acid groups (broad SMARTS) is 1. The minimum Gasteiger partial charge on any atom is -0.477 e. The summed E-state index contributed by atoms with van der Waals surface area (Å²) in [5.41, 5.74) is 0.784. The molecule has 0 fully saturated rings. The Morgan fingerprint density at radius 3 is 2.55 bits per heavy atom. The molecule has 0 aliphatic rings. The summed E-state index contributed by atoms with van der Waals surface area (Å²) >= 11 is 0. The van der Waals surface area contributed by atoms with Crippen molar-refractivity contribution in [3.8, 4) is 0 Å². The molecule has 0 saturated carbocycles. The second-order valence-electron chi connectivity index (χ2n) is 4.85. The van der Waals surface area contributed by atoms with Gasteiger partial charge < -0.3 is 15.2 Å². The Bertz CT molecular complexity index is 646. The summed E-state index contributed by atoms with van der Waals surface area (Å²) in [6, 6.07) is 10.6. The number of nitrogens with zero attached hydrogens (tertiary/aromatic N) is 1. The van der Waals surface area contributed by atoms with Crippen LogP contribution in [0, 0.1) is 5.82 Å². The highest BCUT2D eigenvalue weighted by molar-refractivity contribution is 5.85. The highest BCUT2D eigenvalue weighted by atomic mass is 19.1. The number of ether oxygens (including phenoxy) is 1. The zero-order valence-electron chi connectivity index (χ0n) is 12.3. The Labute approximate surface area is 127 Å². The van der Waals surface area contributed by atoms with E-state index in [0.29, 0.717) is 5.82 Å². The number of carboxylic acids is 1. The summed E-state index contributed by atoms with van der Waals surface area (Å²) in [5.74, 6) is -0.954. The Morgan fingerprint density at radius 2 is 1.95 bits per heavy atom. The number of benzene rings is 1. The van der Waals surface area contributed by atoms with Gasteiger partial charge in [-0.05, 0) is 36.8 Å². The van der Waals surface area contributed by atoms with Gasteiger partial charge >= 0.3 is 5.97 Å². The van der Waals surface area contributed by atoms with Gasteiger partial charge in [-0.1, -0.05) is 18.2 Å². The van der Waals surface area contributed by atoms with E-state index in [4.69, 9.17) is 9.84 Å². The Morgan fingerprint density at radius 1 is 1.27 bits per heavy atom. The molecule has 1 aromatic carbocycles. The molecule has 1 aromatic heterocycles. The maximum absolute atomic E-state index is 13.0. The van der Waals surface area contributed by atoms with Crippen molar-refractivity contribution in [1.29, 1.82) is 0 Å². The smallest absolute Gasteiger partial charge is 0.354 e. The third kappa shape index (κ3) is 3.79. The molecule has 22 heavy (non-hydrogen) atoms. The maximum Gasteiger partial charge on any atom is 0.354 e. The first-order valence-electron chi connectivity index (χ1n) is 6.76. The third-order valence-corrected chi connectivity index (χ3v) is 3.25. The number of hydrogen-bond donors (Lipinski definition) is 2. The van der Waals surface area contributed by atoms with Crippen LogP contribution in [-0.2, 0) is 4.74 Å². The summed E-state index contributed by atoms with van der Waals surface area (Å²) < 4.78 is 18.5. The third-order valence-electron chi connectivity index (χ3n) is 3.25. The molecule has 6 heteroatoms. The molecule has 0 aliphatic carbocycles. The van der Waals surface area contributed by atoms with Crippen LogP contribution in [0.25, 0.3) is 0 Å². The number of carbonyl (C=O) groups is 1. The molecule has 1 heterocycles. The SMILES string of the molecule is COC(c1ccc(F)cc1)C(C)Nc1cccc(C(=O)O)n1. The van der Waals surface area contributed by atoms with Gasteiger partial charge in [-0.15, -0.1) is 0 Å². The molecular weight excluding hydrogens is 287 g/mol. The molecule has 2 rings (SSSR count). The Balaban J connectivity index is 2.15. The number of anilines is 1. The zero-order valence-corrected chi connectivity index (χ0v) is 12.3. The number of aromatic carboxylic acids is 1. The average Bonchev–Trinajstić information content (AvgIpc) is 2.50. The molecule has 0 saturated heterocycles. The van der Waals surface area contributed by atoms with E-state index in [1.807, 2.05) is 6.92 Å². The van der Waals surface area contributed by atoms with Crippen LogP contribution in [0.2, 0.25) is 0 Å². The second kappa shape index (κ2) is 7.00. The number of halogens is 1. The molecule has 0 amide bonds. The van der Waals surface area contributed by atoms with E-state index in [0.717, 1.165) is 5.56 Å². The second-order valence-corrected chi connectivity index (χ2v) is 4.85. The van der Waals surface area contributed by atoms with Gasteiger partial charge in [0.1, 0.15) is 17.7 Å². The van der Waals surface area contributed by atoms with Gasteiger partial charge in [0.15, 0.2) is 5.69 Å². The predicted molar refractivity (Wildman–Crippen MR) is 80.4 cm³/mol. The van der Waals surface area contributed by atoms with Gasteiger partial charge in [0.2, 0.25) is 0 Å². The van der Waals surface area contributed by atoms with Gasteiger partial charge in [0.05, 0.1) is 6.04 Å². The van der Waals surface area contributed by atoms with Crippen molar-refractivity contribution in [3.63, 3.8) is 0 Å². The number of hydrogen-bond acceptors (Lipinski definition) is 4. The summed E-state index contributed by atoms with van der Waals surface area (Å²) in [6.07, 6.45) is -0.323. The lowest BCUT2D eigenvalue weighted by Gasteiger charge is -2.24. The molecule has 5 nitrogen and oxygen atoms in total. The van der Waals surface area contributed by atoms with E-state index in [-0.39, 0.29) is 23.7 Å². The van der Waals surface area contributed by atoms with E-state index in [9.17, 15) is 9.18 Å². The summed E-state index contributed by atoms with van der Waals surface area (Å²) in [7, 11) is 1.56. The maximum atomic E-state index is 13.0. The lowest BCUT2D eigenvalue weighted by Crippen LogP contribution is -2.26. The van der Waals surface area contributed by atoms with Gasteiger partial charge in [-0.2, -0.15) is 0 Å². The van der Waals surface area contributed by atoms with E-state index >= 15 is 0 Å². The first-order chi connectivity index (χ1) is 10.5. The monoisotopic (exact) mass is 304 g/mol. The molecule has 2 atom stereocenters. The van der Waals surface area contributed by atoms with Gasteiger partial charge in [0.25, 0.3) is 0 Å². The number of rotatable bonds is 6. The van der Waals surface area contributed by atoms with Crippen molar-refractivity contribution in [1.82, 2.24) is 4.98 Å². The first-order valence-corrected chi connectivity index (χ1v) is 6.76. The van der Waals surface area contributed by atoms with Crippen LogP contribution in [0.15, 0.2) is 42.5 Å². The van der Waals surface area contributed by atoms with Crippen LogP contribution in [-0.4, -0.2) is 29.2 Å². The van der Waals surface area contributed by atoms with Crippen molar-refractivity contribution in [3.05, 3.63) is 59.5 Å². The fourth-order valence-corrected chi connectivity index (χ4v) is 2.22. The molecule has 0 radical (unpaired) electrons. The van der Waals surface area contributed by atoms with Crippen molar-refractivity contribution < 1.29 is 19.0 Å². The van der Waals surface area contributed by atoms with Crippen LogP contribution in [0.4, 0.5) is 10.2 Å². The summed E-state index contributed by atoms with van der Waals surface area (Å²) in [6.45, 7) is 1.88. The largest absolute Gasteiger partial charge is 0.477 e. The first kappa shape index (κ1) is 15.9. The summed E-state index contributed by atoms with van der Waals surface area (Å²) in [4.78, 5) is 14.9. The molecule has 2 N–H and O–H groups in total. The van der Waals surface area contributed by atoms with Crippen molar-refractivity contribution in [2.75, 3.05) is 12.4 Å². The van der Waals surface area contributed by atoms with Crippen LogP contribution < -0.4 is 5.32 Å². The molecule has 2 unspecified atom stereocenters. The number of methoxy groups -OCH3 is 1. The van der Waals surface area contributed by atoms with Crippen molar-refractivity contribution >= 4 is 11.8 Å². The topological polar surface area (TPSA) is 71.5 Å². The number of aromatic nitrogens is 1. The fraction of sp³-hybridized carbons (Fsp3) is 0.250. The van der Waals surface area contributed by atoms with E-state index in [1.54, 1.807) is 31.4 Å². The van der Waals surface area contributed by atoms with Crippen LogP contribution in [0.3, 0.4) is 0 Å². The normalized spacial score (nSPS) is 13.4. The minimum absolute atomic E-state index is 0.0343. The van der Waals surface area contributed by atoms with Crippen molar-refractivity contribution in [2.45, 2.75) is 19.1 Å². The predicted octanol–water partition coefficient (Wildman–Crippen LogP) is 3.11. The zero-order chi connectivity index (χ0) is 16.1. The van der Waals surface area contributed by atoms with Crippen LogP contribution in [0.5, 0.6) is 0 Å². The van der Waals surface area contributed by atoms with Crippen LogP contribution in [0.1, 0.15) is 29.1 Å². The van der Waals surface area contributed by atoms with Gasteiger partial charge in [-0.3, -0.25) is 0 Å². The molecule has 116 valence electrons. The van der Waals surface area contributed by atoms with E-state index < -0.39 is 5.97 Å². The lowest BCUT2D eigenvalue weighted by atomic mass is 10.0. The quantitative estimate of drug-likeness (QED) is 0.858. The van der Waals surface area contributed by atoms with E-state index in [1.165, 1.54) is 18.2 Å². The lowest BCUT2D eigenvalue weighted by molar-refractivity contribution is 0.0690. The molecule has 0 bridgehead atoms. The van der Waals surface area contributed by atoms with Crippen molar-refractivity contribution in [2.24, 2.45) is 0 Å². The summed E-state index contributed by atoms with van der Waals surface area (Å²) in [5, 5.41) is 12.1. The molecule has 0 spiro atoms. The van der Waals surface area contributed by atoms with Crippen LogP contribution >= 0.6 is 0 Å².